The number of benzene rings is 1. The van der Waals surface area contributed by atoms with Crippen molar-refractivity contribution in [3.05, 3.63) is 43.4 Å². The van der Waals surface area contributed by atoms with Gasteiger partial charge in [0.05, 0.1) is 10.4 Å². The number of hydrogen-bond acceptors (Lipinski definition) is 3. The average molecular weight is 401 g/mol. The number of hydrogen-bond donors (Lipinski definition) is 0. The summed E-state index contributed by atoms with van der Waals surface area (Å²) in [6.07, 6.45) is 0. The van der Waals surface area contributed by atoms with Crippen molar-refractivity contribution in [1.29, 1.82) is 0 Å². The molecular formula is C14H10ClIN2S. The molecule has 0 amide bonds. The highest BCUT2D eigenvalue weighted by molar-refractivity contribution is 14.1. The molecule has 0 spiro atoms. The Labute approximate surface area is 134 Å². The van der Waals surface area contributed by atoms with Crippen LogP contribution in [0.15, 0.2) is 24.3 Å². The lowest BCUT2D eigenvalue weighted by atomic mass is 10.2. The molecule has 0 fully saturated rings. The van der Waals surface area contributed by atoms with Crippen LogP contribution in [-0.2, 0) is 0 Å². The van der Waals surface area contributed by atoms with Gasteiger partial charge in [0.1, 0.15) is 5.15 Å². The maximum absolute atomic E-state index is 6.28. The number of fused-ring (bicyclic) bond motifs is 1. The largest absolute Gasteiger partial charge is 0.227 e. The third kappa shape index (κ3) is 2.49. The van der Waals surface area contributed by atoms with Gasteiger partial charge in [-0.3, -0.25) is 0 Å². The first-order valence-electron chi connectivity index (χ1n) is 5.75. The van der Waals surface area contributed by atoms with Crippen LogP contribution in [0, 0.1) is 17.4 Å². The van der Waals surface area contributed by atoms with Crippen LogP contribution in [0.25, 0.3) is 21.6 Å². The van der Waals surface area contributed by atoms with Gasteiger partial charge in [0, 0.05) is 13.8 Å². The van der Waals surface area contributed by atoms with Gasteiger partial charge in [-0.25, -0.2) is 9.97 Å². The Morgan fingerprint density at radius 2 is 1.95 bits per heavy atom. The van der Waals surface area contributed by atoms with Crippen molar-refractivity contribution in [3.63, 3.8) is 0 Å². The highest BCUT2D eigenvalue weighted by atomic mass is 127. The molecule has 0 aliphatic heterocycles. The number of halogens is 2. The van der Waals surface area contributed by atoms with E-state index in [0.717, 1.165) is 19.4 Å². The van der Waals surface area contributed by atoms with E-state index < -0.39 is 0 Å². The number of nitrogens with zero attached hydrogens (tertiary/aromatic N) is 2. The summed E-state index contributed by atoms with van der Waals surface area (Å²) in [5.74, 6) is 0.708. The molecule has 0 saturated carbocycles. The summed E-state index contributed by atoms with van der Waals surface area (Å²) >= 11 is 10.2. The lowest BCUT2D eigenvalue weighted by Gasteiger charge is -2.03. The summed E-state index contributed by atoms with van der Waals surface area (Å²) in [6, 6.07) is 8.14. The molecule has 0 bridgehead atoms. The molecule has 5 heteroatoms. The van der Waals surface area contributed by atoms with Crippen molar-refractivity contribution >= 4 is 56.4 Å². The van der Waals surface area contributed by atoms with E-state index in [1.807, 2.05) is 18.2 Å². The van der Waals surface area contributed by atoms with E-state index in [2.05, 4.69) is 52.5 Å². The minimum absolute atomic E-state index is 0.516. The minimum atomic E-state index is 0.516. The summed E-state index contributed by atoms with van der Waals surface area (Å²) in [5.41, 5.74) is 2.15. The standard InChI is InChI=1S/C14H10ClIN2S/c1-7-5-12(19-8(7)2)14-17-11-4-3-9(16)6-10(11)13(15)18-14/h3-6H,1-2H3. The molecule has 0 saturated heterocycles. The van der Waals surface area contributed by atoms with E-state index in [1.165, 1.54) is 10.4 Å². The van der Waals surface area contributed by atoms with Crippen LogP contribution in [0.2, 0.25) is 5.15 Å². The van der Waals surface area contributed by atoms with Crippen LogP contribution in [0.4, 0.5) is 0 Å². The molecule has 0 unspecified atom stereocenters. The molecule has 0 atom stereocenters. The van der Waals surface area contributed by atoms with Crippen molar-refractivity contribution in [1.82, 2.24) is 9.97 Å². The van der Waals surface area contributed by atoms with Gasteiger partial charge in [-0.2, -0.15) is 0 Å². The van der Waals surface area contributed by atoms with Gasteiger partial charge in [-0.15, -0.1) is 11.3 Å². The fraction of sp³-hybridized carbons (Fsp3) is 0.143. The average Bonchev–Trinajstić information content (AvgIpc) is 2.70. The summed E-state index contributed by atoms with van der Waals surface area (Å²) in [7, 11) is 0. The zero-order valence-corrected chi connectivity index (χ0v) is 14.1. The summed E-state index contributed by atoms with van der Waals surface area (Å²) in [5, 5.41) is 1.42. The topological polar surface area (TPSA) is 25.8 Å². The Balaban J connectivity index is 2.23. The predicted molar refractivity (Wildman–Crippen MR) is 90.1 cm³/mol. The SMILES string of the molecule is Cc1cc(-c2nc(Cl)c3cc(I)ccc3n2)sc1C. The Kier molecular flexibility index (Phi) is 3.49. The third-order valence-electron chi connectivity index (χ3n) is 3.00. The molecule has 0 N–H and O–H groups in total. The molecule has 0 aliphatic carbocycles. The van der Waals surface area contributed by atoms with Crippen molar-refractivity contribution in [3.8, 4) is 10.7 Å². The molecule has 96 valence electrons. The second-order valence-corrected chi connectivity index (χ2v) is 7.21. The molecule has 3 rings (SSSR count). The molecule has 2 heterocycles. The molecule has 0 aliphatic rings. The highest BCUT2D eigenvalue weighted by Gasteiger charge is 2.11. The minimum Gasteiger partial charge on any atom is -0.227 e. The lowest BCUT2D eigenvalue weighted by molar-refractivity contribution is 1.24. The second kappa shape index (κ2) is 5.00. The highest BCUT2D eigenvalue weighted by Crippen LogP contribution is 2.31. The van der Waals surface area contributed by atoms with Gasteiger partial charge in [0.25, 0.3) is 0 Å². The summed E-state index contributed by atoms with van der Waals surface area (Å²) < 4.78 is 1.13. The predicted octanol–water partition coefficient (Wildman–Crippen LogP) is 5.23. The van der Waals surface area contributed by atoms with Crippen LogP contribution in [0.5, 0.6) is 0 Å². The normalized spacial score (nSPS) is 11.2. The summed E-state index contributed by atoms with van der Waals surface area (Å²) in [6.45, 7) is 4.20. The van der Waals surface area contributed by atoms with Crippen LogP contribution in [0.3, 0.4) is 0 Å². The fourth-order valence-electron chi connectivity index (χ4n) is 1.86. The van der Waals surface area contributed by atoms with Crippen molar-refractivity contribution in [2.75, 3.05) is 0 Å². The Morgan fingerprint density at radius 1 is 1.16 bits per heavy atom. The molecular weight excluding hydrogens is 391 g/mol. The van der Waals surface area contributed by atoms with Crippen molar-refractivity contribution < 1.29 is 0 Å². The van der Waals surface area contributed by atoms with Crippen molar-refractivity contribution in [2.45, 2.75) is 13.8 Å². The van der Waals surface area contributed by atoms with Gasteiger partial charge >= 0.3 is 0 Å². The monoisotopic (exact) mass is 400 g/mol. The van der Waals surface area contributed by atoms with Gasteiger partial charge in [-0.05, 0) is 66.3 Å². The quantitative estimate of drug-likeness (QED) is 0.413. The zero-order valence-electron chi connectivity index (χ0n) is 10.4. The second-order valence-electron chi connectivity index (χ2n) is 4.35. The number of thiophene rings is 1. The van der Waals surface area contributed by atoms with Gasteiger partial charge in [0.15, 0.2) is 5.82 Å². The van der Waals surface area contributed by atoms with E-state index in [9.17, 15) is 0 Å². The Morgan fingerprint density at radius 3 is 2.63 bits per heavy atom. The molecule has 3 aromatic rings. The van der Waals surface area contributed by atoms with Gasteiger partial charge in [-0.1, -0.05) is 11.6 Å². The molecule has 0 radical (unpaired) electrons. The first-order valence-corrected chi connectivity index (χ1v) is 8.02. The maximum atomic E-state index is 6.28. The van der Waals surface area contributed by atoms with Crippen LogP contribution >= 0.6 is 45.5 Å². The first kappa shape index (κ1) is 13.3. The number of aromatic nitrogens is 2. The van der Waals surface area contributed by atoms with Gasteiger partial charge in [0.2, 0.25) is 0 Å². The number of rotatable bonds is 1. The lowest BCUT2D eigenvalue weighted by Crippen LogP contribution is -1.90. The molecule has 1 aromatic carbocycles. The van der Waals surface area contributed by atoms with Gasteiger partial charge < -0.3 is 0 Å². The summed E-state index contributed by atoms with van der Waals surface area (Å²) in [4.78, 5) is 11.4. The smallest absolute Gasteiger partial charge is 0.171 e. The van der Waals surface area contributed by atoms with E-state index >= 15 is 0 Å². The van der Waals surface area contributed by atoms with Crippen LogP contribution in [-0.4, -0.2) is 9.97 Å². The number of aryl methyl sites for hydroxylation is 2. The molecule has 19 heavy (non-hydrogen) atoms. The Bertz CT molecular complexity index is 763. The van der Waals surface area contributed by atoms with Crippen LogP contribution in [0.1, 0.15) is 10.4 Å². The maximum Gasteiger partial charge on any atom is 0.171 e. The van der Waals surface area contributed by atoms with E-state index in [-0.39, 0.29) is 0 Å². The molecule has 2 nitrogen and oxygen atoms in total. The van der Waals surface area contributed by atoms with E-state index in [1.54, 1.807) is 11.3 Å². The Hall–Kier alpha value is -0.720. The first-order chi connectivity index (χ1) is 9.04. The fourth-order valence-corrected chi connectivity index (χ4v) is 3.55. The third-order valence-corrected chi connectivity index (χ3v) is 5.11. The van der Waals surface area contributed by atoms with Crippen LogP contribution < -0.4 is 0 Å². The van der Waals surface area contributed by atoms with E-state index in [4.69, 9.17) is 11.6 Å². The van der Waals surface area contributed by atoms with Crippen molar-refractivity contribution in [2.24, 2.45) is 0 Å². The molecule has 2 aromatic heterocycles. The zero-order chi connectivity index (χ0) is 13.6. The van der Waals surface area contributed by atoms with E-state index in [0.29, 0.717) is 11.0 Å².